The van der Waals surface area contributed by atoms with Crippen LogP contribution in [0.1, 0.15) is 65.1 Å². The van der Waals surface area contributed by atoms with Crippen molar-refractivity contribution < 1.29 is 38.4 Å². The van der Waals surface area contributed by atoms with Gasteiger partial charge in [-0.25, -0.2) is 14.9 Å². The lowest BCUT2D eigenvalue weighted by Crippen LogP contribution is -2.75. The van der Waals surface area contributed by atoms with E-state index in [9.17, 15) is 19.5 Å². The second-order valence-corrected chi connectivity index (χ2v) is 13.1. The van der Waals surface area contributed by atoms with Crippen LogP contribution in [0.3, 0.4) is 0 Å². The fraction of sp³-hybridized carbons (Fsp3) is 0.581. The number of ether oxygens (including phenoxy) is 4. The van der Waals surface area contributed by atoms with Gasteiger partial charge < -0.3 is 29.0 Å². The average Bonchev–Trinajstić information content (AvgIpc) is 3.49. The number of hydrogen-bond donors (Lipinski definition) is 3. The van der Waals surface area contributed by atoms with E-state index in [4.69, 9.17) is 18.9 Å². The summed E-state index contributed by atoms with van der Waals surface area (Å²) in [5.41, 5.74) is -0.705. The van der Waals surface area contributed by atoms with Crippen LogP contribution in [-0.4, -0.2) is 63.9 Å². The van der Waals surface area contributed by atoms with Crippen LogP contribution < -0.4 is 5.32 Å². The number of alkyl carbamates (subject to hydrolysis) is 2. The van der Waals surface area contributed by atoms with Gasteiger partial charge in [0, 0.05) is 39.4 Å². The molecule has 3 fully saturated rings. The smallest absolute Gasteiger partial charge is 0.417 e. The highest BCUT2D eigenvalue weighted by molar-refractivity contribution is 5.97. The largest absolute Gasteiger partial charge is 0.449 e. The zero-order valence-corrected chi connectivity index (χ0v) is 24.0. The lowest BCUT2D eigenvalue weighted by molar-refractivity contribution is -0.273. The number of ketones is 1. The van der Waals surface area contributed by atoms with Crippen LogP contribution in [-0.2, 0) is 35.6 Å². The third-order valence-electron chi connectivity index (χ3n) is 11.0. The average molecular weight is 565 g/mol. The van der Waals surface area contributed by atoms with Crippen LogP contribution in [0.5, 0.6) is 0 Å². The molecule has 3 heterocycles. The first kappa shape index (κ1) is 26.7. The van der Waals surface area contributed by atoms with Crippen molar-refractivity contribution in [2.24, 2.45) is 11.3 Å². The highest BCUT2D eigenvalue weighted by Gasteiger charge is 2.78. The van der Waals surface area contributed by atoms with Crippen LogP contribution in [0.4, 0.5) is 9.59 Å². The number of H-pyrrole nitrogens is 1. The van der Waals surface area contributed by atoms with Crippen LogP contribution in [0.2, 0.25) is 0 Å². The summed E-state index contributed by atoms with van der Waals surface area (Å²) < 4.78 is 23.6. The van der Waals surface area contributed by atoms with E-state index >= 15 is 0 Å². The maximum atomic E-state index is 13.4. The second-order valence-electron chi connectivity index (χ2n) is 13.1. The Kier molecular flexibility index (Phi) is 5.34. The molecule has 1 spiro atoms. The van der Waals surface area contributed by atoms with Crippen LogP contribution in [0.25, 0.3) is 10.9 Å². The molecule has 7 atom stereocenters. The summed E-state index contributed by atoms with van der Waals surface area (Å²) in [6.07, 6.45) is -0.480. The molecular weight excluding hydrogens is 528 g/mol. The molecule has 218 valence electrons. The predicted octanol–water partition coefficient (Wildman–Crippen LogP) is 4.18. The topological polar surface area (TPSA) is 136 Å². The molecule has 1 unspecified atom stereocenters. The summed E-state index contributed by atoms with van der Waals surface area (Å²) in [4.78, 5) is 42.2. The highest BCUT2D eigenvalue weighted by atomic mass is 16.8. The molecule has 2 aliphatic heterocycles. The Bertz CT molecular complexity index is 1540. The maximum Gasteiger partial charge on any atom is 0.417 e. The first-order valence-corrected chi connectivity index (χ1v) is 14.4. The van der Waals surface area contributed by atoms with Crippen LogP contribution >= 0.6 is 0 Å². The van der Waals surface area contributed by atoms with Gasteiger partial charge in [0.25, 0.3) is 0 Å². The number of carbonyl (C=O) groups excluding carboxylic acids is 3. The van der Waals surface area contributed by atoms with Gasteiger partial charge in [0.15, 0.2) is 17.7 Å². The Morgan fingerprint density at radius 1 is 1.15 bits per heavy atom. The first-order valence-electron chi connectivity index (χ1n) is 14.4. The van der Waals surface area contributed by atoms with Crippen LogP contribution in [0, 0.1) is 11.3 Å². The second kappa shape index (κ2) is 8.20. The molecule has 2 saturated carbocycles. The molecule has 1 aromatic heterocycles. The number of rotatable bonds is 2. The third kappa shape index (κ3) is 3.16. The van der Waals surface area contributed by atoms with Gasteiger partial charge >= 0.3 is 12.2 Å². The van der Waals surface area contributed by atoms with Gasteiger partial charge in [-0.15, -0.1) is 0 Å². The van der Waals surface area contributed by atoms with Crippen molar-refractivity contribution in [2.75, 3.05) is 6.61 Å². The number of imide groups is 1. The van der Waals surface area contributed by atoms with Gasteiger partial charge in [-0.1, -0.05) is 32.0 Å². The van der Waals surface area contributed by atoms with E-state index in [-0.39, 0.29) is 23.9 Å². The Labute approximate surface area is 237 Å². The minimum absolute atomic E-state index is 0.00238. The van der Waals surface area contributed by atoms with Crippen molar-refractivity contribution in [1.29, 1.82) is 0 Å². The number of aliphatic hydroxyl groups is 1. The Morgan fingerprint density at radius 3 is 2.66 bits per heavy atom. The van der Waals surface area contributed by atoms with Gasteiger partial charge in [0.2, 0.25) is 0 Å². The first-order chi connectivity index (χ1) is 19.3. The number of amides is 2. The van der Waals surface area contributed by atoms with Crippen molar-refractivity contribution in [3.63, 3.8) is 0 Å². The standard InChI is InChI=1S/C31H36N2O8/c1-6-38-25(35)33-26(36)39-22-14-16-13-18-17-9-7-8-10-19(17)32-23(18)29(16,5)28(4)11-12-30-21(31(22,28)37)15-20(34)24(40-30)27(2,3)41-30/h7-10,15-16,22,24,32,37H,6,11-14H2,1-5H3,(H,33,35,36)/t16?,22-,24-,28+,29+,30-,31-/m0/s1. The molecule has 10 nitrogen and oxygen atoms in total. The van der Waals surface area contributed by atoms with E-state index in [1.54, 1.807) is 6.92 Å². The van der Waals surface area contributed by atoms with Gasteiger partial charge in [-0.2, -0.15) is 0 Å². The molecule has 10 heteroatoms. The zero-order valence-electron chi connectivity index (χ0n) is 24.0. The quantitative estimate of drug-likeness (QED) is 0.494. The molecule has 0 radical (unpaired) electrons. The summed E-state index contributed by atoms with van der Waals surface area (Å²) in [5, 5.41) is 16.4. The number of fused-ring (bicyclic) bond motifs is 9. The summed E-state index contributed by atoms with van der Waals surface area (Å²) in [6.45, 7) is 9.52. The summed E-state index contributed by atoms with van der Waals surface area (Å²) in [7, 11) is 0. The number of carbonyl (C=O) groups is 3. The number of aromatic nitrogens is 1. The molecule has 3 aliphatic carbocycles. The molecule has 2 aromatic rings. The molecular formula is C31H36N2O8. The van der Waals surface area contributed by atoms with Crippen molar-refractivity contribution in [3.8, 4) is 0 Å². The maximum absolute atomic E-state index is 13.4. The molecule has 2 bridgehead atoms. The summed E-state index contributed by atoms with van der Waals surface area (Å²) in [5.74, 6) is -1.63. The molecule has 2 amide bonds. The highest BCUT2D eigenvalue weighted by Crippen LogP contribution is 2.72. The van der Waals surface area contributed by atoms with Crippen molar-refractivity contribution in [3.05, 3.63) is 47.2 Å². The van der Waals surface area contributed by atoms with E-state index in [1.807, 2.05) is 32.9 Å². The number of aromatic amines is 1. The van der Waals surface area contributed by atoms with E-state index in [2.05, 4.69) is 29.4 Å². The normalized spacial score (nSPS) is 39.7. The van der Waals surface area contributed by atoms with E-state index in [1.165, 1.54) is 11.6 Å². The predicted molar refractivity (Wildman–Crippen MR) is 146 cm³/mol. The third-order valence-corrected chi connectivity index (χ3v) is 11.0. The van der Waals surface area contributed by atoms with Gasteiger partial charge in [0.1, 0.15) is 17.3 Å². The Balaban J connectivity index is 1.39. The number of hydrogen-bond acceptors (Lipinski definition) is 8. The van der Waals surface area contributed by atoms with Crippen molar-refractivity contribution >= 4 is 28.9 Å². The van der Waals surface area contributed by atoms with E-state index < -0.39 is 52.2 Å². The molecule has 5 aliphatic rings. The number of nitrogens with one attached hydrogen (secondary N) is 2. The van der Waals surface area contributed by atoms with Crippen molar-refractivity contribution in [2.45, 2.75) is 94.9 Å². The summed E-state index contributed by atoms with van der Waals surface area (Å²) in [6, 6.07) is 8.16. The van der Waals surface area contributed by atoms with Gasteiger partial charge in [-0.05, 0) is 63.7 Å². The Morgan fingerprint density at radius 2 is 1.90 bits per heavy atom. The van der Waals surface area contributed by atoms with Gasteiger partial charge in [-0.3, -0.25) is 4.79 Å². The fourth-order valence-electron chi connectivity index (χ4n) is 8.94. The Hall–Kier alpha value is -3.21. The van der Waals surface area contributed by atoms with Gasteiger partial charge in [0.05, 0.1) is 6.61 Å². The number of para-hydroxylation sites is 1. The van der Waals surface area contributed by atoms with E-state index in [0.717, 1.165) is 23.0 Å². The molecule has 1 saturated heterocycles. The molecule has 7 rings (SSSR count). The monoisotopic (exact) mass is 564 g/mol. The number of benzene rings is 1. The minimum Gasteiger partial charge on any atom is -0.449 e. The molecule has 1 aromatic carbocycles. The summed E-state index contributed by atoms with van der Waals surface area (Å²) >= 11 is 0. The SMILES string of the molecule is CCOC(=O)NC(=O)O[C@H]1CC2Cc3c([nH]c4ccccc34)[C@]2(C)[C@@]2(C)CC[C@@]34O[C@@H](C(=O)C=C3[C@]12O)C(C)(C)O4. The van der Waals surface area contributed by atoms with Crippen LogP contribution in [0.15, 0.2) is 35.9 Å². The fourth-order valence-corrected chi connectivity index (χ4v) is 8.94. The van der Waals surface area contributed by atoms with Crippen molar-refractivity contribution in [1.82, 2.24) is 10.3 Å². The zero-order chi connectivity index (χ0) is 29.2. The molecule has 41 heavy (non-hydrogen) atoms. The lowest BCUT2D eigenvalue weighted by Gasteiger charge is -2.67. The van der Waals surface area contributed by atoms with E-state index in [0.29, 0.717) is 19.3 Å². The minimum atomic E-state index is -1.86. The lowest BCUT2D eigenvalue weighted by atomic mass is 9.41. The molecule has 3 N–H and O–H groups in total.